The molecule has 1 atom stereocenters. The van der Waals surface area contributed by atoms with Crippen molar-refractivity contribution in [2.75, 3.05) is 6.26 Å². The highest BCUT2D eigenvalue weighted by Crippen LogP contribution is 2.33. The Bertz CT molecular complexity index is 927. The van der Waals surface area contributed by atoms with Gasteiger partial charge in [-0.1, -0.05) is 17.7 Å². The van der Waals surface area contributed by atoms with Gasteiger partial charge in [-0.2, -0.15) is 0 Å². The maximum Gasteiger partial charge on any atom is 0.251 e. The summed E-state index contributed by atoms with van der Waals surface area (Å²) in [5, 5.41) is 3.51. The minimum atomic E-state index is -3.66. The van der Waals surface area contributed by atoms with Crippen LogP contribution in [0.4, 0.5) is 4.39 Å². The fraction of sp³-hybridized carbons (Fsp3) is 0.235. The van der Waals surface area contributed by atoms with Gasteiger partial charge in [0.05, 0.1) is 6.04 Å². The van der Waals surface area contributed by atoms with Gasteiger partial charge >= 0.3 is 0 Å². The highest BCUT2D eigenvalue weighted by molar-refractivity contribution is 7.90. The van der Waals surface area contributed by atoms with Crippen molar-refractivity contribution < 1.29 is 17.6 Å². The third-order valence-electron chi connectivity index (χ3n) is 4.08. The smallest absolute Gasteiger partial charge is 0.251 e. The molecule has 0 spiro atoms. The fourth-order valence-electron chi connectivity index (χ4n) is 2.92. The summed E-state index contributed by atoms with van der Waals surface area (Å²) in [5.41, 5.74) is 2.18. The summed E-state index contributed by atoms with van der Waals surface area (Å²) < 4.78 is 36.8. The lowest BCUT2D eigenvalue weighted by atomic mass is 10.1. The molecule has 0 bridgehead atoms. The standard InChI is InChI=1S/C17H15ClFNO3S/c1-24(22,23)16-7-3-11(9-14(16)19)17(21)20-15-6-2-10-8-12(18)4-5-13(10)15/h3-5,7-9,15H,2,6H2,1H3,(H,20,21). The molecule has 0 saturated carbocycles. The van der Waals surface area contributed by atoms with Crippen LogP contribution in [-0.2, 0) is 16.3 Å². The fourth-order valence-corrected chi connectivity index (χ4v) is 3.84. The summed E-state index contributed by atoms with van der Waals surface area (Å²) in [4.78, 5) is 11.9. The molecule has 0 fully saturated rings. The molecule has 1 N–H and O–H groups in total. The van der Waals surface area contributed by atoms with E-state index in [2.05, 4.69) is 5.32 Å². The van der Waals surface area contributed by atoms with Crippen molar-refractivity contribution in [2.24, 2.45) is 0 Å². The predicted molar refractivity (Wildman–Crippen MR) is 89.5 cm³/mol. The molecule has 0 radical (unpaired) electrons. The largest absolute Gasteiger partial charge is 0.345 e. The van der Waals surface area contributed by atoms with E-state index in [-0.39, 0.29) is 11.6 Å². The first-order valence-electron chi connectivity index (χ1n) is 7.34. The topological polar surface area (TPSA) is 63.2 Å². The molecule has 1 unspecified atom stereocenters. The molecule has 4 nitrogen and oxygen atoms in total. The van der Waals surface area contributed by atoms with Gasteiger partial charge in [-0.15, -0.1) is 0 Å². The van der Waals surface area contributed by atoms with Gasteiger partial charge in [-0.05, 0) is 54.3 Å². The monoisotopic (exact) mass is 367 g/mol. The van der Waals surface area contributed by atoms with E-state index in [0.717, 1.165) is 42.4 Å². The van der Waals surface area contributed by atoms with E-state index in [1.165, 1.54) is 6.07 Å². The third-order valence-corrected chi connectivity index (χ3v) is 5.45. The van der Waals surface area contributed by atoms with E-state index in [9.17, 15) is 17.6 Å². The molecular weight excluding hydrogens is 353 g/mol. The highest BCUT2D eigenvalue weighted by Gasteiger charge is 2.25. The first-order valence-corrected chi connectivity index (χ1v) is 9.61. The Balaban J connectivity index is 1.81. The number of benzene rings is 2. The van der Waals surface area contributed by atoms with Crippen LogP contribution in [0.3, 0.4) is 0 Å². The van der Waals surface area contributed by atoms with Crippen LogP contribution in [0.15, 0.2) is 41.3 Å². The molecule has 2 aromatic carbocycles. The first-order chi connectivity index (χ1) is 11.3. The maximum absolute atomic E-state index is 13.9. The van der Waals surface area contributed by atoms with Crippen LogP contribution in [0.25, 0.3) is 0 Å². The van der Waals surface area contributed by atoms with Crippen molar-refractivity contribution in [2.45, 2.75) is 23.8 Å². The molecule has 1 amide bonds. The molecule has 24 heavy (non-hydrogen) atoms. The van der Waals surface area contributed by atoms with Crippen LogP contribution in [0, 0.1) is 5.82 Å². The molecule has 1 aliphatic carbocycles. The minimum absolute atomic E-state index is 0.0855. The molecule has 3 rings (SSSR count). The number of carbonyl (C=O) groups excluding carboxylic acids is 1. The highest BCUT2D eigenvalue weighted by atomic mass is 35.5. The van der Waals surface area contributed by atoms with Gasteiger partial charge in [0.15, 0.2) is 9.84 Å². The van der Waals surface area contributed by atoms with Crippen LogP contribution < -0.4 is 5.32 Å². The molecule has 0 heterocycles. The van der Waals surface area contributed by atoms with E-state index in [1.807, 2.05) is 12.1 Å². The average Bonchev–Trinajstić information content (AvgIpc) is 2.87. The second-order valence-corrected chi connectivity index (χ2v) is 8.25. The lowest BCUT2D eigenvalue weighted by molar-refractivity contribution is 0.0936. The average molecular weight is 368 g/mol. The van der Waals surface area contributed by atoms with Gasteiger partial charge in [0.1, 0.15) is 10.7 Å². The number of aryl methyl sites for hydroxylation is 1. The van der Waals surface area contributed by atoms with Crippen LogP contribution in [0.1, 0.15) is 33.9 Å². The van der Waals surface area contributed by atoms with Gasteiger partial charge < -0.3 is 5.32 Å². The summed E-state index contributed by atoms with van der Waals surface area (Å²) in [6, 6.07) is 8.73. The Hall–Kier alpha value is -1.92. The van der Waals surface area contributed by atoms with Crippen molar-refractivity contribution in [1.29, 1.82) is 0 Å². The molecule has 126 valence electrons. The Labute approximate surface area is 144 Å². The van der Waals surface area contributed by atoms with Crippen molar-refractivity contribution >= 4 is 27.3 Å². The zero-order chi connectivity index (χ0) is 17.5. The van der Waals surface area contributed by atoms with Gasteiger partial charge in [-0.3, -0.25) is 4.79 Å². The number of hydrogen-bond acceptors (Lipinski definition) is 3. The predicted octanol–water partition coefficient (Wildman–Crippen LogP) is 3.30. The molecule has 0 saturated heterocycles. The van der Waals surface area contributed by atoms with E-state index < -0.39 is 26.5 Å². The number of hydrogen-bond donors (Lipinski definition) is 1. The third kappa shape index (κ3) is 3.30. The molecular formula is C17H15ClFNO3S. The van der Waals surface area contributed by atoms with Crippen LogP contribution in [0.5, 0.6) is 0 Å². The van der Waals surface area contributed by atoms with Gasteiger partial charge in [0.25, 0.3) is 5.91 Å². The lowest BCUT2D eigenvalue weighted by Gasteiger charge is -2.14. The number of nitrogens with one attached hydrogen (secondary N) is 1. The number of amides is 1. The number of carbonyl (C=O) groups is 1. The van der Waals surface area contributed by atoms with Crippen molar-refractivity contribution in [1.82, 2.24) is 5.32 Å². The summed E-state index contributed by atoms with van der Waals surface area (Å²) in [6.45, 7) is 0. The summed E-state index contributed by atoms with van der Waals surface area (Å²) in [5.74, 6) is -1.37. The summed E-state index contributed by atoms with van der Waals surface area (Å²) >= 11 is 5.96. The van der Waals surface area contributed by atoms with Gasteiger partial charge in [0.2, 0.25) is 0 Å². The number of rotatable bonds is 3. The lowest BCUT2D eigenvalue weighted by Crippen LogP contribution is -2.27. The molecule has 0 aromatic heterocycles. The quantitative estimate of drug-likeness (QED) is 0.905. The number of sulfone groups is 1. The second-order valence-electron chi connectivity index (χ2n) is 5.83. The number of fused-ring (bicyclic) bond motifs is 1. The number of halogens is 2. The summed E-state index contributed by atoms with van der Waals surface area (Å²) in [6.07, 6.45) is 2.47. The van der Waals surface area contributed by atoms with Crippen molar-refractivity contribution in [3.63, 3.8) is 0 Å². The Morgan fingerprint density at radius 1 is 1.25 bits per heavy atom. The van der Waals surface area contributed by atoms with E-state index in [1.54, 1.807) is 6.07 Å². The minimum Gasteiger partial charge on any atom is -0.345 e. The molecule has 7 heteroatoms. The van der Waals surface area contributed by atoms with E-state index in [4.69, 9.17) is 11.6 Å². The van der Waals surface area contributed by atoms with Crippen molar-refractivity contribution in [3.8, 4) is 0 Å². The van der Waals surface area contributed by atoms with Crippen LogP contribution in [-0.4, -0.2) is 20.6 Å². The van der Waals surface area contributed by atoms with E-state index in [0.29, 0.717) is 5.02 Å². The van der Waals surface area contributed by atoms with Crippen molar-refractivity contribution in [3.05, 3.63) is 63.9 Å². The summed E-state index contributed by atoms with van der Waals surface area (Å²) in [7, 11) is -3.66. The van der Waals surface area contributed by atoms with Gasteiger partial charge in [0, 0.05) is 16.8 Å². The zero-order valence-electron chi connectivity index (χ0n) is 12.8. The maximum atomic E-state index is 13.9. The molecule has 2 aromatic rings. The van der Waals surface area contributed by atoms with Gasteiger partial charge in [-0.25, -0.2) is 12.8 Å². The Morgan fingerprint density at radius 2 is 2.00 bits per heavy atom. The zero-order valence-corrected chi connectivity index (χ0v) is 14.4. The SMILES string of the molecule is CS(=O)(=O)c1ccc(C(=O)NC2CCc3cc(Cl)ccc32)cc1F. The first kappa shape index (κ1) is 16.9. The molecule has 1 aliphatic rings. The van der Waals surface area contributed by atoms with Crippen LogP contribution >= 0.6 is 11.6 Å². The Morgan fingerprint density at radius 3 is 2.67 bits per heavy atom. The Kier molecular flexibility index (Phi) is 4.36. The normalized spacial score (nSPS) is 16.7. The van der Waals surface area contributed by atoms with E-state index >= 15 is 0 Å². The molecule has 0 aliphatic heterocycles. The van der Waals surface area contributed by atoms with Crippen LogP contribution in [0.2, 0.25) is 5.02 Å². The second kappa shape index (κ2) is 6.18.